The Morgan fingerprint density at radius 2 is 2.20 bits per heavy atom. The lowest BCUT2D eigenvalue weighted by Crippen LogP contribution is -2.06. The van der Waals surface area contributed by atoms with E-state index in [0.717, 1.165) is 5.56 Å². The summed E-state index contributed by atoms with van der Waals surface area (Å²) >= 11 is 0. The molecule has 0 aliphatic carbocycles. The molecule has 20 heavy (non-hydrogen) atoms. The summed E-state index contributed by atoms with van der Waals surface area (Å²) in [5.74, 6) is -0.218. The predicted molar refractivity (Wildman–Crippen MR) is 73.4 cm³/mol. The van der Waals surface area contributed by atoms with Crippen molar-refractivity contribution in [2.24, 2.45) is 0 Å². The number of rotatable bonds is 6. The zero-order valence-electron chi connectivity index (χ0n) is 11.1. The van der Waals surface area contributed by atoms with Gasteiger partial charge in [0.05, 0.1) is 13.7 Å². The van der Waals surface area contributed by atoms with Crippen molar-refractivity contribution >= 4 is 5.97 Å². The number of methoxy groups -OCH3 is 1. The highest BCUT2D eigenvalue weighted by molar-refractivity contribution is 5.91. The van der Waals surface area contributed by atoms with Gasteiger partial charge in [-0.2, -0.15) is 0 Å². The van der Waals surface area contributed by atoms with Crippen molar-refractivity contribution in [3.05, 3.63) is 53.9 Å². The van der Waals surface area contributed by atoms with Crippen molar-refractivity contribution in [3.63, 3.8) is 0 Å². The first kappa shape index (κ1) is 13.9. The highest BCUT2D eigenvalue weighted by atomic mass is 16.5. The first-order chi connectivity index (χ1) is 9.70. The Balaban J connectivity index is 2.04. The second-order valence-corrected chi connectivity index (χ2v) is 4.13. The second kappa shape index (κ2) is 6.56. The minimum Gasteiger partial charge on any atom is -0.497 e. The van der Waals surface area contributed by atoms with Crippen LogP contribution < -0.4 is 9.47 Å². The van der Waals surface area contributed by atoms with Gasteiger partial charge in [0.25, 0.3) is 0 Å². The van der Waals surface area contributed by atoms with Gasteiger partial charge >= 0.3 is 5.97 Å². The highest BCUT2D eigenvalue weighted by Gasteiger charge is 2.12. The van der Waals surface area contributed by atoms with Crippen molar-refractivity contribution in [3.8, 4) is 11.5 Å². The number of aromatic carboxylic acids is 1. The van der Waals surface area contributed by atoms with E-state index in [-0.39, 0.29) is 5.56 Å². The molecule has 0 unspecified atom stereocenters. The Labute approximate surface area is 116 Å². The van der Waals surface area contributed by atoms with E-state index in [2.05, 4.69) is 4.98 Å². The van der Waals surface area contributed by atoms with Gasteiger partial charge in [-0.05, 0) is 29.8 Å². The van der Waals surface area contributed by atoms with Gasteiger partial charge in [0.15, 0.2) is 0 Å². The molecule has 2 aromatic rings. The monoisotopic (exact) mass is 273 g/mol. The number of hydrogen-bond acceptors (Lipinski definition) is 4. The average Bonchev–Trinajstić information content (AvgIpc) is 2.48. The van der Waals surface area contributed by atoms with Crippen LogP contribution in [0.1, 0.15) is 15.9 Å². The molecule has 0 bridgehead atoms. The lowest BCUT2D eigenvalue weighted by molar-refractivity contribution is 0.0692. The number of ether oxygens (including phenoxy) is 2. The largest absolute Gasteiger partial charge is 0.497 e. The lowest BCUT2D eigenvalue weighted by Gasteiger charge is -2.10. The fraction of sp³-hybridized carbons (Fsp3) is 0.200. The Morgan fingerprint density at radius 1 is 1.35 bits per heavy atom. The zero-order chi connectivity index (χ0) is 14.4. The maximum Gasteiger partial charge on any atom is 0.339 e. The Morgan fingerprint density at radius 3 is 2.85 bits per heavy atom. The van der Waals surface area contributed by atoms with Gasteiger partial charge < -0.3 is 14.6 Å². The van der Waals surface area contributed by atoms with E-state index >= 15 is 0 Å². The number of nitrogens with zero attached hydrogens (tertiary/aromatic N) is 1. The first-order valence-corrected chi connectivity index (χ1v) is 6.13. The highest BCUT2D eigenvalue weighted by Crippen LogP contribution is 2.24. The van der Waals surface area contributed by atoms with E-state index in [1.807, 2.05) is 12.1 Å². The smallest absolute Gasteiger partial charge is 0.339 e. The van der Waals surface area contributed by atoms with Gasteiger partial charge in [-0.3, -0.25) is 4.98 Å². The van der Waals surface area contributed by atoms with E-state index in [1.54, 1.807) is 24.5 Å². The summed E-state index contributed by atoms with van der Waals surface area (Å²) in [5, 5.41) is 9.16. The number of carboxylic acids is 1. The molecule has 0 radical (unpaired) electrons. The number of carboxylic acid groups (broad SMARTS) is 1. The molecular weight excluding hydrogens is 258 g/mol. The molecule has 0 saturated heterocycles. The summed E-state index contributed by atoms with van der Waals surface area (Å²) in [4.78, 5) is 15.2. The van der Waals surface area contributed by atoms with Crippen molar-refractivity contribution < 1.29 is 19.4 Å². The van der Waals surface area contributed by atoms with Gasteiger partial charge in [0.2, 0.25) is 0 Å². The van der Waals surface area contributed by atoms with Gasteiger partial charge in [0.1, 0.15) is 17.1 Å². The summed E-state index contributed by atoms with van der Waals surface area (Å²) in [7, 11) is 1.49. The average molecular weight is 273 g/mol. The number of hydrogen-bond donors (Lipinski definition) is 1. The Bertz CT molecular complexity index is 584. The fourth-order valence-corrected chi connectivity index (χ4v) is 1.75. The third-order valence-corrected chi connectivity index (χ3v) is 2.79. The van der Waals surface area contributed by atoms with E-state index in [1.165, 1.54) is 13.2 Å². The Kier molecular flexibility index (Phi) is 4.55. The normalized spacial score (nSPS) is 10.1. The van der Waals surface area contributed by atoms with E-state index in [4.69, 9.17) is 14.6 Å². The van der Waals surface area contributed by atoms with Crippen LogP contribution >= 0.6 is 0 Å². The maximum atomic E-state index is 11.2. The van der Waals surface area contributed by atoms with Crippen LogP contribution in [0, 0.1) is 0 Å². The van der Waals surface area contributed by atoms with Gasteiger partial charge in [-0.25, -0.2) is 4.79 Å². The van der Waals surface area contributed by atoms with Crippen LogP contribution in [0.3, 0.4) is 0 Å². The summed E-state index contributed by atoms with van der Waals surface area (Å²) in [6, 6.07) is 8.52. The lowest BCUT2D eigenvalue weighted by atomic mass is 10.2. The third-order valence-electron chi connectivity index (χ3n) is 2.79. The molecule has 2 rings (SSSR count). The minimum atomic E-state index is -1.04. The van der Waals surface area contributed by atoms with Gasteiger partial charge in [0, 0.05) is 18.8 Å². The number of benzene rings is 1. The second-order valence-electron chi connectivity index (χ2n) is 4.13. The van der Waals surface area contributed by atoms with Gasteiger partial charge in [-0.15, -0.1) is 0 Å². The number of carbonyl (C=O) groups is 1. The van der Waals surface area contributed by atoms with Crippen LogP contribution in [0.2, 0.25) is 0 Å². The SMILES string of the molecule is COc1ccc(OCCc2cccnc2)c(C(=O)O)c1. The van der Waals surface area contributed by atoms with Gasteiger partial charge in [-0.1, -0.05) is 6.07 Å². The summed E-state index contributed by atoms with van der Waals surface area (Å²) in [6.07, 6.45) is 4.13. The van der Waals surface area contributed by atoms with E-state index in [9.17, 15) is 4.79 Å². The molecule has 0 saturated carbocycles. The quantitative estimate of drug-likeness (QED) is 0.875. The standard InChI is InChI=1S/C15H15NO4/c1-19-12-4-5-14(13(9-12)15(17)18)20-8-6-11-3-2-7-16-10-11/h2-5,7,9-10H,6,8H2,1H3,(H,17,18). The van der Waals surface area contributed by atoms with Crippen LogP contribution in [0.25, 0.3) is 0 Å². The molecule has 1 heterocycles. The molecule has 1 aromatic carbocycles. The van der Waals surface area contributed by atoms with Crippen LogP contribution in [-0.2, 0) is 6.42 Å². The maximum absolute atomic E-state index is 11.2. The van der Waals surface area contributed by atoms with E-state index in [0.29, 0.717) is 24.5 Å². The van der Waals surface area contributed by atoms with Crippen molar-refractivity contribution in [1.82, 2.24) is 4.98 Å². The Hall–Kier alpha value is -2.56. The minimum absolute atomic E-state index is 0.0931. The molecule has 1 N–H and O–H groups in total. The van der Waals surface area contributed by atoms with Crippen LogP contribution in [0.5, 0.6) is 11.5 Å². The predicted octanol–water partition coefficient (Wildman–Crippen LogP) is 2.41. The summed E-state index contributed by atoms with van der Waals surface area (Å²) in [6.45, 7) is 0.387. The molecule has 1 aromatic heterocycles. The number of pyridine rings is 1. The molecule has 0 spiro atoms. The third kappa shape index (κ3) is 3.47. The molecule has 0 aliphatic heterocycles. The molecule has 0 amide bonds. The van der Waals surface area contributed by atoms with Crippen molar-refractivity contribution in [1.29, 1.82) is 0 Å². The van der Waals surface area contributed by atoms with Crippen LogP contribution in [0.15, 0.2) is 42.7 Å². The van der Waals surface area contributed by atoms with Crippen molar-refractivity contribution in [2.75, 3.05) is 13.7 Å². The molecule has 5 heteroatoms. The van der Waals surface area contributed by atoms with E-state index < -0.39 is 5.97 Å². The molecular formula is C15H15NO4. The van der Waals surface area contributed by atoms with Crippen LogP contribution in [0.4, 0.5) is 0 Å². The summed E-state index contributed by atoms with van der Waals surface area (Å²) in [5.41, 5.74) is 1.13. The topological polar surface area (TPSA) is 68.7 Å². The molecule has 5 nitrogen and oxygen atoms in total. The fourth-order valence-electron chi connectivity index (χ4n) is 1.75. The molecule has 104 valence electrons. The molecule has 0 atom stereocenters. The zero-order valence-corrected chi connectivity index (χ0v) is 11.1. The van der Waals surface area contributed by atoms with Crippen LogP contribution in [-0.4, -0.2) is 29.8 Å². The molecule has 0 fully saturated rings. The summed E-state index contributed by atoms with van der Waals surface area (Å²) < 4.78 is 10.5. The van der Waals surface area contributed by atoms with Crippen molar-refractivity contribution in [2.45, 2.75) is 6.42 Å². The molecule has 0 aliphatic rings. The number of aromatic nitrogens is 1. The first-order valence-electron chi connectivity index (χ1n) is 6.13.